The lowest BCUT2D eigenvalue weighted by atomic mass is 10.0. The molecule has 9 nitrogen and oxygen atoms in total. The van der Waals surface area contributed by atoms with Gasteiger partial charge < -0.3 is 20.5 Å². The minimum Gasteiger partial charge on any atom is -0.463 e. The number of nitrogens with two attached hydrogens (primary N) is 1. The Hall–Kier alpha value is -2.23. The third kappa shape index (κ3) is 6.43. The number of nitrogens with zero attached hydrogens (tertiary/aromatic N) is 1. The molecule has 0 saturated carbocycles. The second-order valence-electron chi connectivity index (χ2n) is 6.68. The molecule has 0 spiro atoms. The van der Waals surface area contributed by atoms with Gasteiger partial charge in [-0.3, -0.25) is 19.7 Å². The molecule has 1 aromatic carbocycles. The highest BCUT2D eigenvalue weighted by atomic mass is 35.5. The van der Waals surface area contributed by atoms with Crippen LogP contribution < -0.4 is 11.1 Å². The number of para-hydroxylation sites is 1. The molecule has 0 aromatic heterocycles. The monoisotopic (exact) mass is 415 g/mol. The minimum absolute atomic E-state index is 0. The highest BCUT2D eigenvalue weighted by Gasteiger charge is 2.33. The Balaban J connectivity index is 0.00000392. The number of nitro benzene ring substituents is 1. The van der Waals surface area contributed by atoms with Crippen LogP contribution in [0.1, 0.15) is 44.7 Å². The van der Waals surface area contributed by atoms with Crippen LogP contribution in [0.2, 0.25) is 0 Å². The third-order valence-corrected chi connectivity index (χ3v) is 4.23. The van der Waals surface area contributed by atoms with E-state index in [1.165, 1.54) is 18.2 Å². The number of nitrogens with one attached hydrogen (secondary N) is 1. The number of benzene rings is 1. The largest absolute Gasteiger partial charge is 0.463 e. The summed E-state index contributed by atoms with van der Waals surface area (Å²) in [5.74, 6) is -0.980. The number of esters is 1. The number of ether oxygens (including phenoxy) is 2. The van der Waals surface area contributed by atoms with E-state index in [1.807, 2.05) is 0 Å². The lowest BCUT2D eigenvalue weighted by Gasteiger charge is -2.21. The molecule has 1 aliphatic rings. The average molecular weight is 416 g/mol. The SMILES string of the molecule is CC(C)OC(=O)CC(NC(=O)[C@@H]1CC[C@H](CN)O1)c1ccccc1[N+](=O)[O-].Cl. The van der Waals surface area contributed by atoms with Crippen molar-refractivity contribution < 1.29 is 24.0 Å². The Morgan fingerprint density at radius 1 is 1.36 bits per heavy atom. The molecule has 28 heavy (non-hydrogen) atoms. The Kier molecular flexibility index (Phi) is 9.30. The van der Waals surface area contributed by atoms with E-state index in [0.29, 0.717) is 19.4 Å². The van der Waals surface area contributed by atoms with E-state index < -0.39 is 28.9 Å². The summed E-state index contributed by atoms with van der Waals surface area (Å²) in [6.45, 7) is 3.73. The zero-order chi connectivity index (χ0) is 20.0. The molecule has 156 valence electrons. The van der Waals surface area contributed by atoms with E-state index in [2.05, 4.69) is 5.32 Å². The second kappa shape index (κ2) is 10.9. The molecule has 10 heteroatoms. The first-order chi connectivity index (χ1) is 12.8. The zero-order valence-corrected chi connectivity index (χ0v) is 16.6. The first-order valence-electron chi connectivity index (χ1n) is 8.90. The molecule has 1 aromatic rings. The molecule has 1 saturated heterocycles. The van der Waals surface area contributed by atoms with Crippen LogP contribution in [0.5, 0.6) is 0 Å². The summed E-state index contributed by atoms with van der Waals surface area (Å²) in [6, 6.07) is 5.10. The first kappa shape index (κ1) is 23.8. The van der Waals surface area contributed by atoms with Gasteiger partial charge in [0, 0.05) is 12.6 Å². The number of rotatable bonds is 8. The fraction of sp³-hybridized carbons (Fsp3) is 0.556. The number of carbonyl (C=O) groups is 2. The molecular formula is C18H26ClN3O6. The summed E-state index contributed by atoms with van der Waals surface area (Å²) in [7, 11) is 0. The van der Waals surface area contributed by atoms with E-state index in [4.69, 9.17) is 15.2 Å². The van der Waals surface area contributed by atoms with Crippen LogP contribution in [0.3, 0.4) is 0 Å². The van der Waals surface area contributed by atoms with Crippen LogP contribution in [-0.4, -0.2) is 41.7 Å². The van der Waals surface area contributed by atoms with Gasteiger partial charge in [-0.2, -0.15) is 0 Å². The van der Waals surface area contributed by atoms with Crippen LogP contribution in [0.4, 0.5) is 5.69 Å². The average Bonchev–Trinajstić information content (AvgIpc) is 3.09. The quantitative estimate of drug-likeness (QED) is 0.376. The Morgan fingerprint density at radius 3 is 2.61 bits per heavy atom. The highest BCUT2D eigenvalue weighted by Crippen LogP contribution is 2.28. The lowest BCUT2D eigenvalue weighted by molar-refractivity contribution is -0.385. The summed E-state index contributed by atoms with van der Waals surface area (Å²) < 4.78 is 10.7. The lowest BCUT2D eigenvalue weighted by Crippen LogP contribution is -2.39. The standard InChI is InChI=1S/C18H25N3O6.ClH/c1-11(2)26-17(22)9-14(13-5-3-4-6-15(13)21(24)25)20-18(23)16-8-7-12(10-19)27-16;/h3-6,11-12,14,16H,7-10,19H2,1-2H3,(H,20,23);1H/t12-,14?,16+;/m1./s1. The van der Waals surface area contributed by atoms with Crippen molar-refractivity contribution in [3.05, 3.63) is 39.9 Å². The van der Waals surface area contributed by atoms with Crippen LogP contribution in [-0.2, 0) is 19.1 Å². The van der Waals surface area contributed by atoms with Crippen molar-refractivity contribution in [2.45, 2.75) is 57.5 Å². The predicted molar refractivity (Wildman–Crippen MR) is 104 cm³/mol. The van der Waals surface area contributed by atoms with Crippen molar-refractivity contribution in [1.82, 2.24) is 5.32 Å². The van der Waals surface area contributed by atoms with Crippen LogP contribution >= 0.6 is 12.4 Å². The van der Waals surface area contributed by atoms with Crippen molar-refractivity contribution in [2.24, 2.45) is 5.73 Å². The molecule has 0 radical (unpaired) electrons. The van der Waals surface area contributed by atoms with E-state index in [0.717, 1.165) is 0 Å². The molecule has 3 atom stereocenters. The number of nitro groups is 1. The molecule has 1 aliphatic heterocycles. The van der Waals surface area contributed by atoms with E-state index >= 15 is 0 Å². The van der Waals surface area contributed by atoms with Gasteiger partial charge in [-0.05, 0) is 26.7 Å². The fourth-order valence-corrected chi connectivity index (χ4v) is 3.00. The Labute approximate surface area is 169 Å². The van der Waals surface area contributed by atoms with Gasteiger partial charge in [0.25, 0.3) is 5.69 Å². The summed E-state index contributed by atoms with van der Waals surface area (Å²) in [5, 5.41) is 14.1. The van der Waals surface area contributed by atoms with Crippen LogP contribution in [0.15, 0.2) is 24.3 Å². The Bertz CT molecular complexity index is 700. The number of hydrogen-bond donors (Lipinski definition) is 2. The van der Waals surface area contributed by atoms with E-state index in [1.54, 1.807) is 19.9 Å². The first-order valence-corrected chi connectivity index (χ1v) is 8.90. The minimum atomic E-state index is -0.897. The molecule has 0 aliphatic carbocycles. The van der Waals surface area contributed by atoms with Crippen molar-refractivity contribution in [2.75, 3.05) is 6.54 Å². The van der Waals surface area contributed by atoms with Crippen LogP contribution in [0, 0.1) is 10.1 Å². The maximum absolute atomic E-state index is 12.6. The molecular weight excluding hydrogens is 390 g/mol. The number of amides is 1. The summed E-state index contributed by atoms with van der Waals surface area (Å²) >= 11 is 0. The normalized spacial score (nSPS) is 19.6. The van der Waals surface area contributed by atoms with E-state index in [9.17, 15) is 19.7 Å². The topological polar surface area (TPSA) is 134 Å². The van der Waals surface area contributed by atoms with Gasteiger partial charge in [0.2, 0.25) is 5.91 Å². The van der Waals surface area contributed by atoms with Crippen molar-refractivity contribution in [1.29, 1.82) is 0 Å². The van der Waals surface area contributed by atoms with Gasteiger partial charge in [0.15, 0.2) is 0 Å². The third-order valence-electron chi connectivity index (χ3n) is 4.23. The zero-order valence-electron chi connectivity index (χ0n) is 15.8. The van der Waals surface area contributed by atoms with Crippen LogP contribution in [0.25, 0.3) is 0 Å². The molecule has 3 N–H and O–H groups in total. The number of halogens is 1. The predicted octanol–water partition coefficient (Wildman–Crippen LogP) is 2.02. The molecule has 1 heterocycles. The maximum Gasteiger partial charge on any atom is 0.308 e. The second-order valence-corrected chi connectivity index (χ2v) is 6.68. The Morgan fingerprint density at radius 2 is 2.04 bits per heavy atom. The van der Waals surface area contributed by atoms with Gasteiger partial charge in [-0.15, -0.1) is 12.4 Å². The van der Waals surface area contributed by atoms with Gasteiger partial charge in [0.1, 0.15) is 6.10 Å². The van der Waals surface area contributed by atoms with Gasteiger partial charge >= 0.3 is 5.97 Å². The molecule has 2 rings (SSSR count). The molecule has 1 unspecified atom stereocenters. The van der Waals surface area contributed by atoms with E-state index in [-0.39, 0.29) is 42.3 Å². The van der Waals surface area contributed by atoms with Gasteiger partial charge in [-0.1, -0.05) is 18.2 Å². The van der Waals surface area contributed by atoms with Crippen molar-refractivity contribution in [3.8, 4) is 0 Å². The number of carbonyl (C=O) groups excluding carboxylic acids is 2. The summed E-state index contributed by atoms with van der Waals surface area (Å²) in [4.78, 5) is 35.5. The smallest absolute Gasteiger partial charge is 0.308 e. The van der Waals surface area contributed by atoms with Crippen molar-refractivity contribution >= 4 is 30.0 Å². The highest BCUT2D eigenvalue weighted by molar-refractivity contribution is 5.85. The van der Waals surface area contributed by atoms with Gasteiger partial charge in [-0.25, -0.2) is 0 Å². The molecule has 0 bridgehead atoms. The van der Waals surface area contributed by atoms with Crippen molar-refractivity contribution in [3.63, 3.8) is 0 Å². The van der Waals surface area contributed by atoms with Gasteiger partial charge in [0.05, 0.1) is 35.2 Å². The maximum atomic E-state index is 12.6. The summed E-state index contributed by atoms with van der Waals surface area (Å²) in [5.41, 5.74) is 5.63. The molecule has 1 amide bonds. The summed E-state index contributed by atoms with van der Waals surface area (Å²) in [6.07, 6.45) is -0.250. The fourth-order valence-electron chi connectivity index (χ4n) is 3.00. The molecule has 1 fully saturated rings. The number of hydrogen-bond acceptors (Lipinski definition) is 7.